The number of nitrogens with zero attached hydrogens (tertiary/aromatic N) is 1. The molecule has 3 nitrogen and oxygen atoms in total. The second-order valence-corrected chi connectivity index (χ2v) is 6.53. The lowest BCUT2D eigenvalue weighted by Gasteiger charge is -2.20. The van der Waals surface area contributed by atoms with Gasteiger partial charge in [-0.2, -0.15) is 0 Å². The van der Waals surface area contributed by atoms with E-state index in [1.54, 1.807) is 0 Å². The molecule has 0 bridgehead atoms. The van der Waals surface area contributed by atoms with E-state index in [1.165, 1.54) is 72.7 Å². The number of aromatic nitrogens is 1. The summed E-state index contributed by atoms with van der Waals surface area (Å²) in [7, 11) is 0. The van der Waals surface area contributed by atoms with Gasteiger partial charge in [-0.1, -0.05) is 25.0 Å². The van der Waals surface area contributed by atoms with Crippen molar-refractivity contribution in [3.05, 3.63) is 35.0 Å². The van der Waals surface area contributed by atoms with Crippen LogP contribution in [0.3, 0.4) is 0 Å². The SMILES string of the molecule is NNc1cc(C2CCCC2)nc2c3c(ccc12)CCCC3. The maximum Gasteiger partial charge on any atom is 0.0761 e. The summed E-state index contributed by atoms with van der Waals surface area (Å²) in [5, 5.41) is 1.18. The zero-order valence-corrected chi connectivity index (χ0v) is 12.5. The fourth-order valence-corrected chi connectivity index (χ4v) is 4.09. The van der Waals surface area contributed by atoms with Crippen LogP contribution in [0.5, 0.6) is 0 Å². The molecule has 1 aromatic carbocycles. The summed E-state index contributed by atoms with van der Waals surface area (Å²) in [6, 6.07) is 6.64. The Kier molecular flexibility index (Phi) is 3.30. The van der Waals surface area contributed by atoms with Crippen LogP contribution in [0, 0.1) is 0 Å². The molecule has 2 aliphatic carbocycles. The molecule has 3 heteroatoms. The van der Waals surface area contributed by atoms with Crippen molar-refractivity contribution in [3.63, 3.8) is 0 Å². The van der Waals surface area contributed by atoms with Gasteiger partial charge in [0.1, 0.15) is 0 Å². The minimum atomic E-state index is 0.626. The number of anilines is 1. The summed E-state index contributed by atoms with van der Waals surface area (Å²) in [5.41, 5.74) is 9.34. The lowest BCUT2D eigenvalue weighted by molar-refractivity contribution is 0.684. The van der Waals surface area contributed by atoms with Crippen molar-refractivity contribution in [1.29, 1.82) is 0 Å². The van der Waals surface area contributed by atoms with E-state index in [2.05, 4.69) is 23.6 Å². The van der Waals surface area contributed by atoms with Crippen molar-refractivity contribution in [1.82, 2.24) is 4.98 Å². The minimum Gasteiger partial charge on any atom is -0.323 e. The molecule has 110 valence electrons. The van der Waals surface area contributed by atoms with Crippen LogP contribution in [0.15, 0.2) is 18.2 Å². The zero-order chi connectivity index (χ0) is 14.2. The fourth-order valence-electron chi connectivity index (χ4n) is 4.09. The summed E-state index contributed by atoms with van der Waals surface area (Å²) in [6.07, 6.45) is 10.2. The number of hydrazine groups is 1. The smallest absolute Gasteiger partial charge is 0.0761 e. The van der Waals surface area contributed by atoms with Crippen molar-refractivity contribution in [2.75, 3.05) is 5.43 Å². The number of hydrogen-bond acceptors (Lipinski definition) is 3. The average molecular weight is 281 g/mol. The molecular weight excluding hydrogens is 258 g/mol. The quantitative estimate of drug-likeness (QED) is 0.645. The van der Waals surface area contributed by atoms with Gasteiger partial charge in [-0.15, -0.1) is 0 Å². The molecule has 3 N–H and O–H groups in total. The monoisotopic (exact) mass is 281 g/mol. The molecule has 21 heavy (non-hydrogen) atoms. The molecule has 1 aromatic heterocycles. The van der Waals surface area contributed by atoms with Crippen LogP contribution in [0.25, 0.3) is 10.9 Å². The third kappa shape index (κ3) is 2.20. The van der Waals surface area contributed by atoms with Crippen molar-refractivity contribution < 1.29 is 0 Å². The first-order valence-corrected chi connectivity index (χ1v) is 8.29. The molecule has 1 saturated carbocycles. The standard InChI is InChI=1S/C18H23N3/c19-21-17-11-16(13-6-1-2-7-13)20-18-14-8-4-3-5-12(14)9-10-15(17)18/h9-11,13H,1-8,19H2,(H,20,21). The predicted octanol–water partition coefficient (Wildman–Crippen LogP) is 4.06. The Balaban J connectivity index is 1.93. The number of nitrogens with two attached hydrogens (primary N) is 1. The van der Waals surface area contributed by atoms with E-state index in [-0.39, 0.29) is 0 Å². The van der Waals surface area contributed by atoms with E-state index in [0.717, 1.165) is 12.1 Å². The predicted molar refractivity (Wildman–Crippen MR) is 87.4 cm³/mol. The molecule has 0 atom stereocenters. The van der Waals surface area contributed by atoms with Gasteiger partial charge in [0.25, 0.3) is 0 Å². The average Bonchev–Trinajstić information content (AvgIpc) is 3.08. The topological polar surface area (TPSA) is 50.9 Å². The number of fused-ring (bicyclic) bond motifs is 3. The van der Waals surface area contributed by atoms with E-state index in [1.807, 2.05) is 0 Å². The van der Waals surface area contributed by atoms with Gasteiger partial charge in [-0.25, -0.2) is 0 Å². The van der Waals surface area contributed by atoms with Gasteiger partial charge in [-0.3, -0.25) is 10.8 Å². The summed E-state index contributed by atoms with van der Waals surface area (Å²) in [4.78, 5) is 5.08. The number of rotatable bonds is 2. The number of hydrogen-bond donors (Lipinski definition) is 2. The Morgan fingerprint density at radius 3 is 2.67 bits per heavy atom. The highest BCUT2D eigenvalue weighted by atomic mass is 15.2. The number of nitrogen functional groups attached to an aromatic ring is 1. The second kappa shape index (κ2) is 5.30. The molecule has 2 aromatic rings. The van der Waals surface area contributed by atoms with Gasteiger partial charge < -0.3 is 5.43 Å². The second-order valence-electron chi connectivity index (χ2n) is 6.53. The van der Waals surface area contributed by atoms with Crippen LogP contribution in [-0.2, 0) is 12.8 Å². The molecular formula is C18H23N3. The fraction of sp³-hybridized carbons (Fsp3) is 0.500. The molecule has 0 spiro atoms. The molecule has 0 saturated heterocycles. The molecule has 1 fully saturated rings. The number of aryl methyl sites for hydroxylation is 2. The lowest BCUT2D eigenvalue weighted by Crippen LogP contribution is -2.11. The number of benzene rings is 1. The van der Waals surface area contributed by atoms with Crippen LogP contribution in [-0.4, -0.2) is 4.98 Å². The van der Waals surface area contributed by atoms with Gasteiger partial charge in [-0.05, 0) is 55.7 Å². The molecule has 2 aliphatic rings. The van der Waals surface area contributed by atoms with Crippen LogP contribution >= 0.6 is 0 Å². The van der Waals surface area contributed by atoms with Crippen LogP contribution in [0.1, 0.15) is 61.3 Å². The van der Waals surface area contributed by atoms with Gasteiger partial charge in [0, 0.05) is 17.0 Å². The summed E-state index contributed by atoms with van der Waals surface area (Å²) >= 11 is 0. The van der Waals surface area contributed by atoms with Crippen molar-refractivity contribution in [3.8, 4) is 0 Å². The summed E-state index contributed by atoms with van der Waals surface area (Å²) in [6.45, 7) is 0. The molecule has 0 aliphatic heterocycles. The first-order valence-electron chi connectivity index (χ1n) is 8.29. The number of nitrogens with one attached hydrogen (secondary N) is 1. The van der Waals surface area contributed by atoms with Gasteiger partial charge in [0.05, 0.1) is 11.2 Å². The van der Waals surface area contributed by atoms with E-state index >= 15 is 0 Å². The largest absolute Gasteiger partial charge is 0.323 e. The normalized spacial score (nSPS) is 18.9. The Morgan fingerprint density at radius 2 is 1.86 bits per heavy atom. The first-order chi connectivity index (χ1) is 10.4. The Bertz CT molecular complexity index is 672. The lowest BCUT2D eigenvalue weighted by atomic mass is 9.89. The third-order valence-electron chi connectivity index (χ3n) is 5.25. The van der Waals surface area contributed by atoms with Gasteiger partial charge >= 0.3 is 0 Å². The molecule has 4 rings (SSSR count). The molecule has 0 amide bonds. The molecule has 1 heterocycles. The maximum absolute atomic E-state index is 5.78. The maximum atomic E-state index is 5.78. The van der Waals surface area contributed by atoms with Gasteiger partial charge in [0.15, 0.2) is 0 Å². The van der Waals surface area contributed by atoms with Crippen LogP contribution in [0.2, 0.25) is 0 Å². The first kappa shape index (κ1) is 13.1. The van der Waals surface area contributed by atoms with E-state index in [0.29, 0.717) is 5.92 Å². The highest BCUT2D eigenvalue weighted by Gasteiger charge is 2.21. The van der Waals surface area contributed by atoms with E-state index in [4.69, 9.17) is 10.8 Å². The Hall–Kier alpha value is -1.61. The molecule has 0 unspecified atom stereocenters. The molecule has 0 radical (unpaired) electrons. The zero-order valence-electron chi connectivity index (χ0n) is 12.5. The van der Waals surface area contributed by atoms with Crippen molar-refractivity contribution >= 4 is 16.6 Å². The Labute approximate surface area is 125 Å². The van der Waals surface area contributed by atoms with Crippen LogP contribution < -0.4 is 11.3 Å². The Morgan fingerprint density at radius 1 is 1.05 bits per heavy atom. The number of pyridine rings is 1. The summed E-state index contributed by atoms with van der Waals surface area (Å²) in [5.74, 6) is 6.41. The van der Waals surface area contributed by atoms with E-state index in [9.17, 15) is 0 Å². The highest BCUT2D eigenvalue weighted by Crippen LogP contribution is 2.38. The third-order valence-corrected chi connectivity index (χ3v) is 5.25. The van der Waals surface area contributed by atoms with Crippen molar-refractivity contribution in [2.24, 2.45) is 5.84 Å². The summed E-state index contributed by atoms with van der Waals surface area (Å²) < 4.78 is 0. The minimum absolute atomic E-state index is 0.626. The van der Waals surface area contributed by atoms with Crippen molar-refractivity contribution in [2.45, 2.75) is 57.3 Å². The van der Waals surface area contributed by atoms with Gasteiger partial charge in [0.2, 0.25) is 0 Å². The van der Waals surface area contributed by atoms with E-state index < -0.39 is 0 Å². The highest BCUT2D eigenvalue weighted by molar-refractivity contribution is 5.94. The van der Waals surface area contributed by atoms with Crippen LogP contribution in [0.4, 0.5) is 5.69 Å².